The first-order chi connectivity index (χ1) is 13.4. The molecule has 4 rings (SSSR count). The van der Waals surface area contributed by atoms with Crippen LogP contribution in [0.15, 0.2) is 18.5 Å². The third-order valence-electron chi connectivity index (χ3n) is 4.83. The van der Waals surface area contributed by atoms with Crippen LogP contribution >= 0.6 is 11.3 Å². The van der Waals surface area contributed by atoms with Gasteiger partial charge in [-0.25, -0.2) is 4.98 Å². The Balaban J connectivity index is 1.45. The Morgan fingerprint density at radius 1 is 1.50 bits per heavy atom. The molecule has 1 saturated heterocycles. The van der Waals surface area contributed by atoms with Crippen LogP contribution in [0.25, 0.3) is 11.0 Å². The predicted octanol–water partition coefficient (Wildman–Crippen LogP) is 2.56. The van der Waals surface area contributed by atoms with Crippen LogP contribution in [0.1, 0.15) is 25.1 Å². The summed E-state index contributed by atoms with van der Waals surface area (Å²) < 4.78 is 22.1. The molecule has 8 nitrogen and oxygen atoms in total. The van der Waals surface area contributed by atoms with Crippen molar-refractivity contribution in [2.75, 3.05) is 11.9 Å². The summed E-state index contributed by atoms with van der Waals surface area (Å²) in [5, 5.41) is 7.94. The van der Waals surface area contributed by atoms with E-state index in [1.54, 1.807) is 17.1 Å². The molecule has 2 unspecified atom stereocenters. The Morgan fingerprint density at radius 2 is 2.32 bits per heavy atom. The summed E-state index contributed by atoms with van der Waals surface area (Å²) in [6, 6.07) is 2.09. The minimum atomic E-state index is -0.531. The van der Waals surface area contributed by atoms with Crippen LogP contribution in [0.3, 0.4) is 0 Å². The van der Waals surface area contributed by atoms with Gasteiger partial charge in [0, 0.05) is 45.7 Å². The van der Waals surface area contributed by atoms with E-state index < -0.39 is 5.95 Å². The molecule has 0 aromatic carbocycles. The quantitative estimate of drug-likeness (QED) is 0.704. The van der Waals surface area contributed by atoms with Crippen LogP contribution < -0.4 is 10.1 Å². The minimum Gasteiger partial charge on any atom is -0.488 e. The Kier molecular flexibility index (Phi) is 4.98. The SMILES string of the molecule is CC(=O)Nc1nc(F)c(CN2CC(Oc3ccnc4c3cnn4C)CC2C)s1. The fourth-order valence-electron chi connectivity index (χ4n) is 3.48. The lowest BCUT2D eigenvalue weighted by Gasteiger charge is -2.19. The molecule has 3 aromatic rings. The normalized spacial score (nSPS) is 20.0. The van der Waals surface area contributed by atoms with E-state index in [1.807, 2.05) is 13.1 Å². The topological polar surface area (TPSA) is 85.2 Å². The molecule has 2 atom stereocenters. The first kappa shape index (κ1) is 18.8. The highest BCUT2D eigenvalue weighted by Gasteiger charge is 2.32. The van der Waals surface area contributed by atoms with E-state index in [0.717, 1.165) is 23.2 Å². The molecule has 10 heteroatoms. The highest BCUT2D eigenvalue weighted by molar-refractivity contribution is 7.15. The number of ether oxygens (including phenoxy) is 1. The van der Waals surface area contributed by atoms with Crippen LogP contribution in [0.2, 0.25) is 0 Å². The maximum absolute atomic E-state index is 14.1. The van der Waals surface area contributed by atoms with E-state index in [9.17, 15) is 9.18 Å². The molecule has 1 aliphatic heterocycles. The van der Waals surface area contributed by atoms with E-state index in [-0.39, 0.29) is 23.2 Å². The van der Waals surface area contributed by atoms with Crippen LogP contribution in [0, 0.1) is 5.95 Å². The summed E-state index contributed by atoms with van der Waals surface area (Å²) in [4.78, 5) is 21.9. The molecule has 1 N–H and O–H groups in total. The van der Waals surface area contributed by atoms with Gasteiger partial charge < -0.3 is 10.1 Å². The van der Waals surface area contributed by atoms with E-state index in [0.29, 0.717) is 18.0 Å². The van der Waals surface area contributed by atoms with Crippen molar-refractivity contribution >= 4 is 33.4 Å². The van der Waals surface area contributed by atoms with Crippen molar-refractivity contribution in [1.29, 1.82) is 0 Å². The Hall–Kier alpha value is -2.59. The first-order valence-corrected chi connectivity index (χ1v) is 9.82. The second kappa shape index (κ2) is 7.44. The second-order valence-corrected chi connectivity index (χ2v) is 8.07. The predicted molar refractivity (Wildman–Crippen MR) is 104 cm³/mol. The van der Waals surface area contributed by atoms with Gasteiger partial charge in [0.1, 0.15) is 11.9 Å². The van der Waals surface area contributed by atoms with E-state index in [4.69, 9.17) is 4.74 Å². The van der Waals surface area contributed by atoms with E-state index in [1.165, 1.54) is 18.3 Å². The smallest absolute Gasteiger partial charge is 0.230 e. The molecule has 1 amide bonds. The number of hydrogen-bond donors (Lipinski definition) is 1. The molecule has 148 valence electrons. The number of carbonyl (C=O) groups excluding carboxylic acids is 1. The third kappa shape index (κ3) is 3.69. The molecular weight excluding hydrogens is 383 g/mol. The number of likely N-dealkylation sites (tertiary alicyclic amines) is 1. The number of pyridine rings is 1. The monoisotopic (exact) mass is 404 g/mol. The minimum absolute atomic E-state index is 0.00777. The van der Waals surface area contributed by atoms with Gasteiger partial charge in [-0.2, -0.15) is 14.5 Å². The number of hydrogen-bond acceptors (Lipinski definition) is 7. The number of halogens is 1. The Bertz CT molecular complexity index is 1020. The summed E-state index contributed by atoms with van der Waals surface area (Å²) in [5.41, 5.74) is 0.776. The highest BCUT2D eigenvalue weighted by Crippen LogP contribution is 2.30. The number of fused-ring (bicyclic) bond motifs is 1. The van der Waals surface area contributed by atoms with Gasteiger partial charge >= 0.3 is 0 Å². The fraction of sp³-hybridized carbons (Fsp3) is 0.444. The van der Waals surface area contributed by atoms with Crippen molar-refractivity contribution < 1.29 is 13.9 Å². The average molecular weight is 404 g/mol. The Morgan fingerprint density at radius 3 is 3.11 bits per heavy atom. The van der Waals surface area contributed by atoms with Crippen LogP contribution in [-0.4, -0.2) is 49.2 Å². The van der Waals surface area contributed by atoms with Gasteiger partial charge in [-0.1, -0.05) is 11.3 Å². The van der Waals surface area contributed by atoms with Crippen molar-refractivity contribution in [3.63, 3.8) is 0 Å². The number of rotatable bonds is 5. The van der Waals surface area contributed by atoms with Gasteiger partial charge in [-0.15, -0.1) is 0 Å². The molecule has 0 radical (unpaired) electrons. The molecule has 1 fully saturated rings. The van der Waals surface area contributed by atoms with Crippen molar-refractivity contribution in [1.82, 2.24) is 24.6 Å². The number of aromatic nitrogens is 4. The Labute approximate surface area is 165 Å². The van der Waals surface area contributed by atoms with Crippen LogP contribution in [-0.2, 0) is 18.4 Å². The number of amides is 1. The number of anilines is 1. The number of thiazole rings is 1. The van der Waals surface area contributed by atoms with Crippen molar-refractivity contribution in [2.24, 2.45) is 7.05 Å². The van der Waals surface area contributed by atoms with Gasteiger partial charge in [0.2, 0.25) is 11.9 Å². The van der Waals surface area contributed by atoms with Gasteiger partial charge in [0.15, 0.2) is 10.8 Å². The van der Waals surface area contributed by atoms with Crippen LogP contribution in [0.4, 0.5) is 9.52 Å². The molecule has 3 aromatic heterocycles. The average Bonchev–Trinajstić information content (AvgIpc) is 3.27. The number of aryl methyl sites for hydroxylation is 1. The molecule has 0 aliphatic carbocycles. The van der Waals surface area contributed by atoms with Crippen molar-refractivity contribution in [3.8, 4) is 5.75 Å². The summed E-state index contributed by atoms with van der Waals surface area (Å²) in [7, 11) is 1.84. The fourth-order valence-corrected chi connectivity index (χ4v) is 4.39. The van der Waals surface area contributed by atoms with E-state index in [2.05, 4.69) is 32.2 Å². The maximum atomic E-state index is 14.1. The molecule has 0 saturated carbocycles. The lowest BCUT2D eigenvalue weighted by atomic mass is 10.2. The largest absolute Gasteiger partial charge is 0.488 e. The lowest BCUT2D eigenvalue weighted by Crippen LogP contribution is -2.28. The number of nitrogens with zero attached hydrogens (tertiary/aromatic N) is 5. The maximum Gasteiger partial charge on any atom is 0.230 e. The zero-order chi connectivity index (χ0) is 19.8. The molecule has 4 heterocycles. The molecule has 1 aliphatic rings. The van der Waals surface area contributed by atoms with Gasteiger partial charge in [0.05, 0.1) is 16.5 Å². The zero-order valence-corrected chi connectivity index (χ0v) is 16.7. The first-order valence-electron chi connectivity index (χ1n) is 9.01. The summed E-state index contributed by atoms with van der Waals surface area (Å²) in [6.45, 7) is 4.59. The highest BCUT2D eigenvalue weighted by atomic mass is 32.1. The van der Waals surface area contributed by atoms with E-state index >= 15 is 0 Å². The molecular formula is C18H21FN6O2S. The van der Waals surface area contributed by atoms with Crippen molar-refractivity contribution in [2.45, 2.75) is 39.0 Å². The van der Waals surface area contributed by atoms with Crippen LogP contribution in [0.5, 0.6) is 5.75 Å². The summed E-state index contributed by atoms with van der Waals surface area (Å²) in [6.07, 6.45) is 4.30. The van der Waals surface area contributed by atoms with Gasteiger partial charge in [0.25, 0.3) is 0 Å². The third-order valence-corrected chi connectivity index (χ3v) is 5.76. The summed E-state index contributed by atoms with van der Waals surface area (Å²) >= 11 is 1.17. The van der Waals surface area contributed by atoms with Gasteiger partial charge in [-0.3, -0.25) is 14.4 Å². The zero-order valence-electron chi connectivity index (χ0n) is 15.8. The van der Waals surface area contributed by atoms with Gasteiger partial charge in [-0.05, 0) is 13.0 Å². The second-order valence-electron chi connectivity index (χ2n) is 6.98. The molecule has 0 bridgehead atoms. The number of nitrogens with one attached hydrogen (secondary N) is 1. The lowest BCUT2D eigenvalue weighted by molar-refractivity contribution is -0.114. The van der Waals surface area contributed by atoms with Crippen molar-refractivity contribution in [3.05, 3.63) is 29.3 Å². The number of carbonyl (C=O) groups is 1. The molecule has 0 spiro atoms. The molecule has 28 heavy (non-hydrogen) atoms. The summed E-state index contributed by atoms with van der Waals surface area (Å²) in [5.74, 6) is -0.0343. The standard InChI is InChI=1S/C18H21FN6O2S/c1-10-6-12(27-14-4-5-20-17-13(14)7-21-24(17)3)8-25(10)9-15-16(19)23-18(28-15)22-11(2)26/h4-5,7,10,12H,6,8-9H2,1-3H3,(H,22,23,26).